The van der Waals surface area contributed by atoms with E-state index in [1.165, 1.54) is 11.8 Å². The summed E-state index contributed by atoms with van der Waals surface area (Å²) < 4.78 is 11.5. The Hall–Kier alpha value is -3.51. The highest BCUT2D eigenvalue weighted by atomic mass is 32.2. The van der Waals surface area contributed by atoms with Gasteiger partial charge in [0.1, 0.15) is 6.61 Å². The van der Waals surface area contributed by atoms with Gasteiger partial charge in [0, 0.05) is 6.54 Å². The molecule has 0 N–H and O–H groups in total. The summed E-state index contributed by atoms with van der Waals surface area (Å²) in [5.41, 5.74) is 4.01. The monoisotopic (exact) mass is 472 g/mol. The summed E-state index contributed by atoms with van der Waals surface area (Å²) in [4.78, 5) is 20.3. The smallest absolute Gasteiger partial charge is 0.266 e. The number of thioether (sulfide) groups is 1. The number of aliphatic imine (C=N–C) groups is 1. The molecule has 0 aromatic heterocycles. The normalized spacial score (nSPS) is 15.9. The van der Waals surface area contributed by atoms with Crippen molar-refractivity contribution in [1.29, 1.82) is 0 Å². The molecule has 4 rings (SSSR count). The Bertz CT molecular complexity index is 1220. The second-order valence-corrected chi connectivity index (χ2v) is 8.73. The van der Waals surface area contributed by atoms with Gasteiger partial charge in [-0.3, -0.25) is 9.69 Å². The molecule has 1 amide bonds. The Morgan fingerprint density at radius 2 is 1.74 bits per heavy atom. The minimum Gasteiger partial charge on any atom is -0.493 e. The van der Waals surface area contributed by atoms with E-state index in [2.05, 4.69) is 13.0 Å². The van der Waals surface area contributed by atoms with Crippen molar-refractivity contribution >= 4 is 34.6 Å². The first-order chi connectivity index (χ1) is 16.6. The predicted molar refractivity (Wildman–Crippen MR) is 140 cm³/mol. The summed E-state index contributed by atoms with van der Waals surface area (Å²) in [5.74, 6) is 1.25. The van der Waals surface area contributed by atoms with Gasteiger partial charge in [0.05, 0.1) is 17.7 Å². The number of nitrogens with zero attached hydrogens (tertiary/aromatic N) is 2. The van der Waals surface area contributed by atoms with Gasteiger partial charge < -0.3 is 9.47 Å². The number of carbonyl (C=O) groups is 1. The first-order valence-electron chi connectivity index (χ1n) is 11.4. The molecule has 1 aliphatic heterocycles. The van der Waals surface area contributed by atoms with Crippen molar-refractivity contribution in [3.05, 3.63) is 94.4 Å². The molecular formula is C28H28N2O3S. The summed E-state index contributed by atoms with van der Waals surface area (Å²) in [6.45, 7) is 5.09. The number of hydrogen-bond donors (Lipinski definition) is 0. The van der Waals surface area contributed by atoms with Crippen LogP contribution in [0.3, 0.4) is 0 Å². The maximum Gasteiger partial charge on any atom is 0.266 e. The van der Waals surface area contributed by atoms with E-state index in [9.17, 15) is 4.79 Å². The molecule has 34 heavy (non-hydrogen) atoms. The van der Waals surface area contributed by atoms with Crippen LogP contribution in [-0.2, 0) is 17.8 Å². The van der Waals surface area contributed by atoms with E-state index in [4.69, 9.17) is 14.5 Å². The van der Waals surface area contributed by atoms with Crippen LogP contribution in [0.5, 0.6) is 11.5 Å². The van der Waals surface area contributed by atoms with E-state index < -0.39 is 0 Å². The minimum absolute atomic E-state index is 0.0383. The molecule has 0 saturated carbocycles. The van der Waals surface area contributed by atoms with Crippen LogP contribution in [0, 0.1) is 0 Å². The SMILES string of the molecule is CCc1ccccc1N=C1S/C(=C/c2ccc(OCc3ccccc3)c(OC)c2)C(=O)N1CC. The van der Waals surface area contributed by atoms with Gasteiger partial charge in [-0.2, -0.15) is 0 Å². The van der Waals surface area contributed by atoms with Gasteiger partial charge in [0.25, 0.3) is 5.91 Å². The van der Waals surface area contributed by atoms with Crippen molar-refractivity contribution in [2.24, 2.45) is 4.99 Å². The van der Waals surface area contributed by atoms with Gasteiger partial charge in [-0.1, -0.05) is 61.5 Å². The fraction of sp³-hybridized carbons (Fsp3) is 0.214. The average Bonchev–Trinajstić information content (AvgIpc) is 3.17. The number of carbonyl (C=O) groups excluding carboxylic acids is 1. The second-order valence-electron chi connectivity index (χ2n) is 7.72. The quantitative estimate of drug-likeness (QED) is 0.353. The molecule has 0 aliphatic carbocycles. The third-order valence-electron chi connectivity index (χ3n) is 5.52. The fourth-order valence-corrected chi connectivity index (χ4v) is 4.73. The number of ether oxygens (including phenoxy) is 2. The number of likely N-dealkylation sites (N-methyl/N-ethyl adjacent to an activating group) is 1. The second kappa shape index (κ2) is 11.1. The van der Waals surface area contributed by atoms with Crippen LogP contribution in [0.2, 0.25) is 0 Å². The van der Waals surface area contributed by atoms with Crippen LogP contribution in [0.1, 0.15) is 30.5 Å². The van der Waals surface area contributed by atoms with Crippen LogP contribution in [0.4, 0.5) is 5.69 Å². The molecule has 0 radical (unpaired) electrons. The van der Waals surface area contributed by atoms with Gasteiger partial charge in [-0.25, -0.2) is 4.99 Å². The van der Waals surface area contributed by atoms with E-state index in [0.29, 0.717) is 34.7 Å². The molecule has 5 nitrogen and oxygen atoms in total. The van der Waals surface area contributed by atoms with Gasteiger partial charge in [-0.05, 0) is 66.1 Å². The number of amidine groups is 1. The van der Waals surface area contributed by atoms with Crippen LogP contribution < -0.4 is 9.47 Å². The van der Waals surface area contributed by atoms with Crippen molar-refractivity contribution in [1.82, 2.24) is 4.90 Å². The summed E-state index contributed by atoms with van der Waals surface area (Å²) in [6.07, 6.45) is 2.77. The first-order valence-corrected chi connectivity index (χ1v) is 12.2. The van der Waals surface area contributed by atoms with Crippen molar-refractivity contribution in [2.45, 2.75) is 26.9 Å². The topological polar surface area (TPSA) is 51.1 Å². The van der Waals surface area contributed by atoms with E-state index in [1.807, 2.05) is 79.7 Å². The molecule has 0 spiro atoms. The number of methoxy groups -OCH3 is 1. The number of amides is 1. The summed E-state index contributed by atoms with van der Waals surface area (Å²) in [7, 11) is 1.62. The molecule has 0 bridgehead atoms. The first kappa shape index (κ1) is 23.6. The lowest BCUT2D eigenvalue weighted by molar-refractivity contribution is -0.122. The zero-order valence-electron chi connectivity index (χ0n) is 19.7. The fourth-order valence-electron chi connectivity index (χ4n) is 3.67. The molecule has 1 saturated heterocycles. The standard InChI is InChI=1S/C28H28N2O3S/c1-4-22-13-9-10-14-23(22)29-28-30(5-2)27(31)26(34-28)18-21-15-16-24(25(17-21)32-3)33-19-20-11-7-6-8-12-20/h6-18H,4-5,19H2,1-3H3/b26-18+,29-28?. The Kier molecular flexibility index (Phi) is 7.70. The van der Waals surface area contributed by atoms with Crippen LogP contribution in [0.25, 0.3) is 6.08 Å². The lowest BCUT2D eigenvalue weighted by Gasteiger charge is -2.13. The lowest BCUT2D eigenvalue weighted by Crippen LogP contribution is -2.28. The van der Waals surface area contributed by atoms with Crippen LogP contribution >= 0.6 is 11.8 Å². The predicted octanol–water partition coefficient (Wildman–Crippen LogP) is 6.46. The van der Waals surface area contributed by atoms with E-state index in [0.717, 1.165) is 28.8 Å². The molecule has 0 unspecified atom stereocenters. The number of para-hydroxylation sites is 1. The molecule has 3 aromatic rings. The zero-order valence-corrected chi connectivity index (χ0v) is 20.5. The van der Waals surface area contributed by atoms with E-state index in [1.54, 1.807) is 12.0 Å². The molecular weight excluding hydrogens is 444 g/mol. The number of rotatable bonds is 8. The summed E-state index contributed by atoms with van der Waals surface area (Å²) >= 11 is 1.40. The minimum atomic E-state index is -0.0383. The number of aryl methyl sites for hydroxylation is 1. The Morgan fingerprint density at radius 3 is 2.47 bits per heavy atom. The summed E-state index contributed by atoms with van der Waals surface area (Å²) in [5, 5.41) is 0.703. The third kappa shape index (κ3) is 5.34. The maximum atomic E-state index is 13.1. The Balaban J connectivity index is 1.57. The van der Waals surface area contributed by atoms with Gasteiger partial charge >= 0.3 is 0 Å². The molecule has 1 aliphatic rings. The van der Waals surface area contributed by atoms with Crippen molar-refractivity contribution < 1.29 is 14.3 Å². The Morgan fingerprint density at radius 1 is 0.971 bits per heavy atom. The maximum absolute atomic E-state index is 13.1. The third-order valence-corrected chi connectivity index (χ3v) is 6.52. The van der Waals surface area contributed by atoms with E-state index in [-0.39, 0.29) is 5.91 Å². The lowest BCUT2D eigenvalue weighted by atomic mass is 10.1. The highest BCUT2D eigenvalue weighted by molar-refractivity contribution is 8.18. The molecule has 1 fully saturated rings. The molecule has 0 atom stereocenters. The van der Waals surface area contributed by atoms with Gasteiger partial charge in [-0.15, -0.1) is 0 Å². The summed E-state index contributed by atoms with van der Waals surface area (Å²) in [6, 6.07) is 23.7. The molecule has 6 heteroatoms. The highest BCUT2D eigenvalue weighted by Gasteiger charge is 2.32. The molecule has 3 aromatic carbocycles. The van der Waals surface area contributed by atoms with Gasteiger partial charge in [0.15, 0.2) is 16.7 Å². The molecule has 174 valence electrons. The van der Waals surface area contributed by atoms with Crippen molar-refractivity contribution in [3.8, 4) is 11.5 Å². The molecule has 1 heterocycles. The number of benzene rings is 3. The average molecular weight is 473 g/mol. The van der Waals surface area contributed by atoms with E-state index >= 15 is 0 Å². The van der Waals surface area contributed by atoms with Crippen LogP contribution in [0.15, 0.2) is 82.7 Å². The Labute approximate surface area is 205 Å². The van der Waals surface area contributed by atoms with Crippen molar-refractivity contribution in [2.75, 3.05) is 13.7 Å². The number of hydrogen-bond acceptors (Lipinski definition) is 5. The zero-order chi connectivity index (χ0) is 23.9. The van der Waals surface area contributed by atoms with Crippen LogP contribution in [-0.4, -0.2) is 29.6 Å². The van der Waals surface area contributed by atoms with Crippen molar-refractivity contribution in [3.63, 3.8) is 0 Å². The largest absolute Gasteiger partial charge is 0.493 e. The van der Waals surface area contributed by atoms with Gasteiger partial charge in [0.2, 0.25) is 0 Å². The highest BCUT2D eigenvalue weighted by Crippen LogP contribution is 2.36.